The molecule has 0 heterocycles. The molecule has 40 heavy (non-hydrogen) atoms. The highest BCUT2D eigenvalue weighted by Gasteiger charge is 2.37. The van der Waals surface area contributed by atoms with Gasteiger partial charge in [0.15, 0.2) is 1.43 Å². The molecule has 9 heteroatoms. The lowest BCUT2D eigenvalue weighted by Gasteiger charge is -2.27. The molecule has 1 rings (SSSR count). The summed E-state index contributed by atoms with van der Waals surface area (Å²) in [6, 6.07) is 4.50. The summed E-state index contributed by atoms with van der Waals surface area (Å²) in [6.45, 7) is 2.25. The number of hydrogen-bond acceptors (Lipinski definition) is 3. The first-order valence-corrected chi connectivity index (χ1v) is 17.3. The van der Waals surface area contributed by atoms with Crippen molar-refractivity contribution in [3.05, 3.63) is 29.3 Å². The molecule has 6 nitrogen and oxygen atoms in total. The minimum Gasteiger partial charge on any atom is -0.366 e. The minimum atomic E-state index is -0.741. The van der Waals surface area contributed by atoms with E-state index < -0.39 is 13.2 Å². The molecule has 220 valence electrons. The Morgan fingerprint density at radius 3 is 1.62 bits per heavy atom. The molecule has 0 aliphatic rings. The number of carbonyl (C=O) groups is 3. The number of carbonyl (C=O) groups excluding carboxylic acids is 3. The SMILES string of the molecule is CCCCCCCCCCC#CC#CCCCCCCCC(I)(I)C(=O)N(I)c1c(C(N)=O)cccc1C(N)=O. The molecule has 0 fully saturated rings. The van der Waals surface area contributed by atoms with Gasteiger partial charge in [0.05, 0.1) is 39.7 Å². The second-order valence-corrected chi connectivity index (χ2v) is 16.5. The number of para-hydroxylation sites is 1. The predicted molar refractivity (Wildman–Crippen MR) is 191 cm³/mol. The van der Waals surface area contributed by atoms with Gasteiger partial charge in [-0.15, -0.1) is 0 Å². The topological polar surface area (TPSA) is 106 Å². The van der Waals surface area contributed by atoms with Crippen LogP contribution in [0.5, 0.6) is 0 Å². The lowest BCUT2D eigenvalue weighted by molar-refractivity contribution is -0.116. The normalized spacial score (nSPS) is 10.7. The molecule has 0 saturated heterocycles. The average molecular weight is 885 g/mol. The van der Waals surface area contributed by atoms with E-state index in [0.29, 0.717) is 6.42 Å². The molecule has 0 atom stereocenters. The molecule has 0 radical (unpaired) electrons. The minimum absolute atomic E-state index is 0.0835. The van der Waals surface area contributed by atoms with Gasteiger partial charge in [0.1, 0.15) is 0 Å². The van der Waals surface area contributed by atoms with Crippen molar-refractivity contribution >= 4 is 91.5 Å². The number of halogens is 3. The summed E-state index contributed by atoms with van der Waals surface area (Å²) < 4.78 is 0.559. The molecular weight excluding hydrogens is 843 g/mol. The zero-order valence-electron chi connectivity index (χ0n) is 23.5. The van der Waals surface area contributed by atoms with Gasteiger partial charge in [0, 0.05) is 12.8 Å². The van der Waals surface area contributed by atoms with E-state index in [1.165, 1.54) is 72.7 Å². The third-order valence-corrected chi connectivity index (χ3v) is 9.36. The van der Waals surface area contributed by atoms with Crippen LogP contribution in [0.4, 0.5) is 5.69 Å². The molecule has 4 N–H and O–H groups in total. The van der Waals surface area contributed by atoms with Crippen molar-refractivity contribution in [3.63, 3.8) is 0 Å². The Morgan fingerprint density at radius 1 is 0.750 bits per heavy atom. The molecule has 0 aliphatic heterocycles. The van der Waals surface area contributed by atoms with Crippen LogP contribution in [0.25, 0.3) is 0 Å². The molecule has 0 aliphatic carbocycles. The number of alkyl halides is 2. The van der Waals surface area contributed by atoms with Crippen LogP contribution in [0.1, 0.15) is 130 Å². The fraction of sp³-hybridized carbons (Fsp3) is 0.581. The monoisotopic (exact) mass is 885 g/mol. The summed E-state index contributed by atoms with van der Waals surface area (Å²) >= 11 is 6.09. The van der Waals surface area contributed by atoms with Crippen LogP contribution in [0, 0.1) is 23.7 Å². The van der Waals surface area contributed by atoms with Crippen LogP contribution in [0.3, 0.4) is 0 Å². The second-order valence-electron chi connectivity index (χ2n) is 9.82. The maximum absolute atomic E-state index is 13.3. The molecule has 0 saturated carbocycles. The van der Waals surface area contributed by atoms with Gasteiger partial charge in [-0.2, -0.15) is 0 Å². The van der Waals surface area contributed by atoms with Crippen LogP contribution >= 0.6 is 68.0 Å². The number of hydrogen-bond donors (Lipinski definition) is 2. The Labute approximate surface area is 282 Å². The fourth-order valence-electron chi connectivity index (χ4n) is 4.16. The van der Waals surface area contributed by atoms with Crippen molar-refractivity contribution in [1.82, 2.24) is 0 Å². The number of rotatable bonds is 19. The number of nitrogens with two attached hydrogens (primary N) is 2. The van der Waals surface area contributed by atoms with Crippen molar-refractivity contribution < 1.29 is 14.4 Å². The summed E-state index contributed by atoms with van der Waals surface area (Å²) in [7, 11) is 0. The van der Waals surface area contributed by atoms with Crippen molar-refractivity contribution in [2.45, 2.75) is 111 Å². The molecule has 3 amide bonds. The summed E-state index contributed by atoms with van der Waals surface area (Å²) in [5, 5.41) is 0. The molecule has 0 spiro atoms. The van der Waals surface area contributed by atoms with Crippen LogP contribution in [0.2, 0.25) is 0 Å². The Kier molecular flexibility index (Phi) is 20.0. The van der Waals surface area contributed by atoms with E-state index in [1.807, 2.05) is 22.9 Å². The fourth-order valence-corrected chi connectivity index (χ4v) is 7.26. The van der Waals surface area contributed by atoms with Gasteiger partial charge in [-0.25, -0.2) is 3.11 Å². The number of nitrogens with zero attached hydrogens (tertiary/aromatic N) is 1. The summed E-state index contributed by atoms with van der Waals surface area (Å²) in [6.07, 6.45) is 18.1. The van der Waals surface area contributed by atoms with Gasteiger partial charge in [-0.05, 0) is 43.2 Å². The highest BCUT2D eigenvalue weighted by atomic mass is 127. The first-order chi connectivity index (χ1) is 19.1. The Morgan fingerprint density at radius 2 is 1.18 bits per heavy atom. The van der Waals surface area contributed by atoms with E-state index in [1.54, 1.807) is 0 Å². The number of amides is 3. The number of anilines is 1. The smallest absolute Gasteiger partial charge is 0.261 e. The zero-order valence-corrected chi connectivity index (χ0v) is 30.0. The van der Waals surface area contributed by atoms with E-state index in [-0.39, 0.29) is 22.7 Å². The van der Waals surface area contributed by atoms with Crippen LogP contribution in [-0.4, -0.2) is 19.1 Å². The highest BCUT2D eigenvalue weighted by molar-refractivity contribution is 14.2. The number of primary amides is 2. The molecule has 1 aromatic rings. The van der Waals surface area contributed by atoms with Crippen LogP contribution in [0.15, 0.2) is 18.2 Å². The Balaban J connectivity index is 2.31. The molecule has 0 unspecified atom stereocenters. The lowest BCUT2D eigenvalue weighted by Crippen LogP contribution is -2.37. The lowest BCUT2D eigenvalue weighted by atomic mass is 10.0. The maximum Gasteiger partial charge on any atom is 0.261 e. The van der Waals surface area contributed by atoms with E-state index in [4.69, 9.17) is 11.5 Å². The third-order valence-electron chi connectivity index (χ3n) is 6.44. The van der Waals surface area contributed by atoms with Crippen molar-refractivity contribution in [1.29, 1.82) is 0 Å². The van der Waals surface area contributed by atoms with Crippen LogP contribution in [-0.2, 0) is 4.79 Å². The van der Waals surface area contributed by atoms with Gasteiger partial charge in [0.25, 0.3) is 17.7 Å². The Bertz CT molecular complexity index is 1050. The molecular formula is C31H42I3N3O3. The zero-order chi connectivity index (χ0) is 29.8. The first kappa shape index (κ1) is 37.0. The van der Waals surface area contributed by atoms with Gasteiger partial charge < -0.3 is 11.5 Å². The molecule has 0 bridgehead atoms. The predicted octanol–water partition coefficient (Wildman–Crippen LogP) is 8.40. The Hall–Kier alpha value is -1.06. The largest absolute Gasteiger partial charge is 0.366 e. The number of unbranched alkanes of at least 4 members (excludes halogenated alkanes) is 13. The summed E-state index contributed by atoms with van der Waals surface area (Å²) in [5.41, 5.74) is 11.3. The van der Waals surface area contributed by atoms with Crippen LogP contribution < -0.4 is 14.6 Å². The van der Waals surface area contributed by atoms with Gasteiger partial charge in [0.2, 0.25) is 0 Å². The summed E-state index contributed by atoms with van der Waals surface area (Å²) in [5.74, 6) is 10.6. The average Bonchev–Trinajstić information content (AvgIpc) is 2.92. The van der Waals surface area contributed by atoms with Crippen molar-refractivity contribution in [3.8, 4) is 23.7 Å². The van der Waals surface area contributed by atoms with E-state index in [9.17, 15) is 14.4 Å². The third kappa shape index (κ3) is 14.7. The van der Waals surface area contributed by atoms with Gasteiger partial charge in [-0.3, -0.25) is 14.4 Å². The summed E-state index contributed by atoms with van der Waals surface area (Å²) in [4.78, 5) is 37.2. The van der Waals surface area contributed by atoms with E-state index >= 15 is 0 Å². The molecule has 0 aromatic heterocycles. The number of benzene rings is 1. The van der Waals surface area contributed by atoms with E-state index in [0.717, 1.165) is 44.9 Å². The highest BCUT2D eigenvalue weighted by Crippen LogP contribution is 2.40. The van der Waals surface area contributed by atoms with Gasteiger partial charge >= 0.3 is 0 Å². The quantitative estimate of drug-likeness (QED) is 0.0480. The van der Waals surface area contributed by atoms with Gasteiger partial charge in [-0.1, -0.05) is 141 Å². The standard InChI is InChI=1S/C31H42I3N3O3/c1-2-3-4-5-6-7-8-9-10-11-12-13-14-15-16-17-18-19-20-24-31(32,33)30(40)37(34)27-25(28(35)38)22-21-23-26(27)29(36)39/h21-23H,2-10,15-20,24H2,1H3,(H2,35,38)(H2,36,39). The van der Waals surface area contributed by atoms with Crippen molar-refractivity contribution in [2.75, 3.05) is 3.11 Å². The van der Waals surface area contributed by atoms with E-state index in [2.05, 4.69) is 75.8 Å². The van der Waals surface area contributed by atoms with Crippen molar-refractivity contribution in [2.24, 2.45) is 11.5 Å². The second kappa shape index (κ2) is 21.6. The maximum atomic E-state index is 13.3. The molecule has 1 aromatic carbocycles. The first-order valence-electron chi connectivity index (χ1n) is 14.2.